The summed E-state index contributed by atoms with van der Waals surface area (Å²) < 4.78 is 1.49. The van der Waals surface area contributed by atoms with E-state index in [1.165, 1.54) is 0 Å². The number of phenols is 1. The van der Waals surface area contributed by atoms with Gasteiger partial charge in [0.05, 0.1) is 7.14 Å². The summed E-state index contributed by atoms with van der Waals surface area (Å²) in [7, 11) is 0. The number of anilines is 1. The van der Waals surface area contributed by atoms with Crippen LogP contribution in [0.5, 0.6) is 5.75 Å². The minimum atomic E-state index is 0.130. The van der Waals surface area contributed by atoms with E-state index < -0.39 is 0 Å². The van der Waals surface area contributed by atoms with E-state index >= 15 is 0 Å². The number of phenolic OH excluding ortho intramolecular Hbond substituents is 1. The molecule has 110 valence electrons. The summed E-state index contributed by atoms with van der Waals surface area (Å²) in [6.07, 6.45) is 0. The molecule has 7 heteroatoms. The highest BCUT2D eigenvalue weighted by Gasteiger charge is 2.15. The molecule has 3 aromatic rings. The first-order valence-corrected chi connectivity index (χ1v) is 8.46. The van der Waals surface area contributed by atoms with Crippen molar-refractivity contribution in [1.29, 1.82) is 0 Å². The van der Waals surface area contributed by atoms with E-state index in [4.69, 9.17) is 5.73 Å². The first kappa shape index (κ1) is 15.4. The third kappa shape index (κ3) is 3.00. The molecule has 0 fully saturated rings. The van der Waals surface area contributed by atoms with Crippen molar-refractivity contribution < 1.29 is 5.11 Å². The number of nitrogens with two attached hydrogens (primary N) is 1. The van der Waals surface area contributed by atoms with Crippen molar-refractivity contribution in [1.82, 2.24) is 15.2 Å². The van der Waals surface area contributed by atoms with Gasteiger partial charge in [0.2, 0.25) is 5.95 Å². The van der Waals surface area contributed by atoms with Gasteiger partial charge in [-0.25, -0.2) is 4.98 Å². The summed E-state index contributed by atoms with van der Waals surface area (Å²) in [5.74, 6) is 0.397. The molecule has 0 spiro atoms. The van der Waals surface area contributed by atoms with Crippen LogP contribution in [0.3, 0.4) is 0 Å². The molecule has 0 amide bonds. The van der Waals surface area contributed by atoms with Crippen LogP contribution in [-0.4, -0.2) is 20.3 Å². The number of halogens is 2. The molecule has 0 aliphatic carbocycles. The monoisotopic (exact) mass is 516 g/mol. The molecule has 0 bridgehead atoms. The van der Waals surface area contributed by atoms with Crippen LogP contribution in [0.25, 0.3) is 22.5 Å². The number of aromatic nitrogens is 3. The van der Waals surface area contributed by atoms with Crippen LogP contribution < -0.4 is 5.73 Å². The maximum absolute atomic E-state index is 9.92. The summed E-state index contributed by atoms with van der Waals surface area (Å²) in [5.41, 5.74) is 8.76. The van der Waals surface area contributed by atoms with Gasteiger partial charge < -0.3 is 10.8 Å². The lowest BCUT2D eigenvalue weighted by atomic mass is 10.0. The van der Waals surface area contributed by atoms with Crippen molar-refractivity contribution in [2.45, 2.75) is 0 Å². The van der Waals surface area contributed by atoms with Gasteiger partial charge in [0.1, 0.15) is 17.1 Å². The van der Waals surface area contributed by atoms with Crippen LogP contribution in [0.15, 0.2) is 42.5 Å². The molecule has 0 saturated carbocycles. The molecule has 1 aromatic heterocycles. The van der Waals surface area contributed by atoms with Gasteiger partial charge in [0.25, 0.3) is 0 Å². The van der Waals surface area contributed by atoms with Crippen molar-refractivity contribution in [3.63, 3.8) is 0 Å². The topological polar surface area (TPSA) is 84.9 Å². The minimum Gasteiger partial charge on any atom is -0.506 e. The average molecular weight is 516 g/mol. The molecule has 3 N–H and O–H groups in total. The molecular weight excluding hydrogens is 506 g/mol. The Labute approximate surface area is 154 Å². The van der Waals surface area contributed by atoms with Gasteiger partial charge in [0, 0.05) is 11.1 Å². The van der Waals surface area contributed by atoms with Crippen molar-refractivity contribution >= 4 is 51.1 Å². The van der Waals surface area contributed by atoms with E-state index in [9.17, 15) is 5.11 Å². The van der Waals surface area contributed by atoms with Gasteiger partial charge in [-0.2, -0.15) is 0 Å². The van der Waals surface area contributed by atoms with Crippen LogP contribution in [0.1, 0.15) is 0 Å². The zero-order valence-electron chi connectivity index (χ0n) is 11.2. The van der Waals surface area contributed by atoms with Crippen molar-refractivity contribution in [2.75, 3.05) is 5.73 Å². The SMILES string of the molecule is Nc1nnc(-c2cc(I)c(O)c(I)c2)c(-c2ccccc2)n1. The zero-order chi connectivity index (χ0) is 15.7. The molecule has 0 radical (unpaired) electrons. The molecule has 0 unspecified atom stereocenters. The molecule has 0 aliphatic rings. The van der Waals surface area contributed by atoms with E-state index in [0.717, 1.165) is 18.3 Å². The smallest absolute Gasteiger partial charge is 0.240 e. The first-order valence-electron chi connectivity index (χ1n) is 6.30. The van der Waals surface area contributed by atoms with Gasteiger partial charge in [-0.1, -0.05) is 30.3 Å². The minimum absolute atomic E-state index is 0.130. The second-order valence-corrected chi connectivity index (χ2v) is 6.85. The van der Waals surface area contributed by atoms with Crippen LogP contribution in [-0.2, 0) is 0 Å². The number of hydrogen-bond acceptors (Lipinski definition) is 5. The van der Waals surface area contributed by atoms with E-state index in [0.29, 0.717) is 11.4 Å². The Morgan fingerprint density at radius 1 is 0.864 bits per heavy atom. The van der Waals surface area contributed by atoms with E-state index in [2.05, 4.69) is 60.4 Å². The summed E-state index contributed by atoms with van der Waals surface area (Å²) in [4.78, 5) is 4.34. The summed E-state index contributed by atoms with van der Waals surface area (Å²) in [6, 6.07) is 13.4. The van der Waals surface area contributed by atoms with Gasteiger partial charge in [-0.15, -0.1) is 10.2 Å². The third-order valence-corrected chi connectivity index (χ3v) is 4.69. The van der Waals surface area contributed by atoms with Gasteiger partial charge in [0.15, 0.2) is 0 Å². The highest BCUT2D eigenvalue weighted by Crippen LogP contribution is 2.34. The molecule has 5 nitrogen and oxygen atoms in total. The van der Waals surface area contributed by atoms with E-state index in [1.807, 2.05) is 42.5 Å². The number of rotatable bonds is 2. The number of nitrogens with zero attached hydrogens (tertiary/aromatic N) is 3. The Hall–Kier alpha value is -1.49. The predicted molar refractivity (Wildman–Crippen MR) is 102 cm³/mol. The lowest BCUT2D eigenvalue weighted by Crippen LogP contribution is -2.02. The standard InChI is InChI=1S/C15H10I2N4O/c16-10-6-9(7-11(17)14(10)22)13-12(19-15(18)21-20-13)8-4-2-1-3-5-8/h1-7,22H,(H2,18,19,21). The van der Waals surface area contributed by atoms with Crippen LogP contribution >= 0.6 is 45.2 Å². The zero-order valence-corrected chi connectivity index (χ0v) is 15.5. The Kier molecular flexibility index (Phi) is 4.43. The van der Waals surface area contributed by atoms with Crippen LogP contribution in [0.4, 0.5) is 5.95 Å². The summed E-state index contributed by atoms with van der Waals surface area (Å²) in [5, 5.41) is 18.0. The Balaban J connectivity index is 2.24. The van der Waals surface area contributed by atoms with E-state index in [1.54, 1.807) is 0 Å². The Morgan fingerprint density at radius 2 is 1.50 bits per heavy atom. The molecule has 0 saturated heterocycles. The van der Waals surface area contributed by atoms with Crippen LogP contribution in [0.2, 0.25) is 0 Å². The maximum Gasteiger partial charge on any atom is 0.240 e. The lowest BCUT2D eigenvalue weighted by Gasteiger charge is -2.10. The van der Waals surface area contributed by atoms with Gasteiger partial charge >= 0.3 is 0 Å². The second-order valence-electron chi connectivity index (χ2n) is 4.52. The fourth-order valence-corrected chi connectivity index (χ4v) is 3.80. The number of aromatic hydroxyl groups is 1. The number of benzene rings is 2. The molecule has 22 heavy (non-hydrogen) atoms. The molecule has 0 atom stereocenters. The van der Waals surface area contributed by atoms with Gasteiger partial charge in [-0.05, 0) is 57.3 Å². The van der Waals surface area contributed by atoms with Crippen molar-refractivity contribution in [2.24, 2.45) is 0 Å². The summed E-state index contributed by atoms with van der Waals surface area (Å²) >= 11 is 4.17. The normalized spacial score (nSPS) is 10.6. The lowest BCUT2D eigenvalue weighted by molar-refractivity contribution is 0.467. The molecule has 2 aromatic carbocycles. The highest BCUT2D eigenvalue weighted by atomic mass is 127. The Morgan fingerprint density at radius 3 is 2.14 bits per heavy atom. The fraction of sp³-hybridized carbons (Fsp3) is 0. The van der Waals surface area contributed by atoms with Crippen molar-refractivity contribution in [3.05, 3.63) is 49.6 Å². The largest absolute Gasteiger partial charge is 0.506 e. The maximum atomic E-state index is 9.92. The summed E-state index contributed by atoms with van der Waals surface area (Å²) in [6.45, 7) is 0. The molecule has 0 aliphatic heterocycles. The molecular formula is C15H10I2N4O. The number of nitrogen functional groups attached to an aromatic ring is 1. The fourth-order valence-electron chi connectivity index (χ4n) is 2.03. The average Bonchev–Trinajstić information content (AvgIpc) is 2.53. The molecule has 3 rings (SSSR count). The van der Waals surface area contributed by atoms with Crippen molar-refractivity contribution in [3.8, 4) is 28.3 Å². The second kappa shape index (κ2) is 6.32. The third-order valence-electron chi connectivity index (χ3n) is 3.04. The van der Waals surface area contributed by atoms with E-state index in [-0.39, 0.29) is 11.7 Å². The predicted octanol–water partition coefficient (Wildman–Crippen LogP) is 3.70. The highest BCUT2D eigenvalue weighted by molar-refractivity contribution is 14.1. The first-order chi connectivity index (χ1) is 10.6. The molecule has 1 heterocycles. The van der Waals surface area contributed by atoms with Crippen LogP contribution in [0, 0.1) is 7.14 Å². The quantitative estimate of drug-likeness (QED) is 0.508. The van der Waals surface area contributed by atoms with Gasteiger partial charge in [-0.3, -0.25) is 0 Å². The number of hydrogen-bond donors (Lipinski definition) is 2. The Bertz CT molecular complexity index is 817.